The third-order valence-electron chi connectivity index (χ3n) is 2.37. The molecule has 0 atom stereocenters. The van der Waals surface area contributed by atoms with E-state index in [9.17, 15) is 9.59 Å². The molecule has 1 fully saturated rings. The van der Waals surface area contributed by atoms with E-state index < -0.39 is 5.97 Å². The fourth-order valence-electron chi connectivity index (χ4n) is 1.50. The Bertz CT molecular complexity index is 456. The fraction of sp³-hybridized carbons (Fsp3) is 0.167. The second kappa shape index (κ2) is 4.18. The van der Waals surface area contributed by atoms with Gasteiger partial charge in [0.25, 0.3) is 0 Å². The molecule has 1 aromatic carbocycles. The van der Waals surface area contributed by atoms with Gasteiger partial charge in [0.2, 0.25) is 0 Å². The average molecular weight is 218 g/mol. The molecule has 0 radical (unpaired) electrons. The number of carboxylic acid groups (broad SMARTS) is 1. The summed E-state index contributed by atoms with van der Waals surface area (Å²) < 4.78 is 4.80. The van der Waals surface area contributed by atoms with Gasteiger partial charge in [0.1, 0.15) is 0 Å². The highest BCUT2D eigenvalue weighted by Gasteiger charge is 2.18. The fourth-order valence-corrected chi connectivity index (χ4v) is 1.50. The van der Waals surface area contributed by atoms with E-state index in [-0.39, 0.29) is 11.5 Å². The number of carboxylic acids is 1. The molecule has 0 aromatic heterocycles. The summed E-state index contributed by atoms with van der Waals surface area (Å²) in [5.41, 5.74) is 1.66. The van der Waals surface area contributed by atoms with Crippen LogP contribution in [-0.4, -0.2) is 23.7 Å². The van der Waals surface area contributed by atoms with Crippen LogP contribution >= 0.6 is 0 Å². The molecule has 0 amide bonds. The van der Waals surface area contributed by atoms with Crippen LogP contribution in [0.3, 0.4) is 0 Å². The van der Waals surface area contributed by atoms with Gasteiger partial charge in [-0.1, -0.05) is 12.1 Å². The maximum atomic E-state index is 11.2. The second-order valence-electron chi connectivity index (χ2n) is 3.48. The summed E-state index contributed by atoms with van der Waals surface area (Å²) in [4.78, 5) is 21.8. The van der Waals surface area contributed by atoms with Crippen LogP contribution in [0, 0.1) is 0 Å². The van der Waals surface area contributed by atoms with Gasteiger partial charge in [-0.15, -0.1) is 0 Å². The monoisotopic (exact) mass is 218 g/mol. The quantitative estimate of drug-likeness (QED) is 0.606. The number of cyclic esters (lactones) is 1. The van der Waals surface area contributed by atoms with Crippen molar-refractivity contribution in [2.75, 3.05) is 6.61 Å². The predicted molar refractivity (Wildman–Crippen MR) is 57.0 cm³/mol. The number of carbonyl (C=O) groups is 2. The number of aromatic carboxylic acids is 1. The van der Waals surface area contributed by atoms with Crippen molar-refractivity contribution in [1.29, 1.82) is 0 Å². The van der Waals surface area contributed by atoms with Crippen LogP contribution in [0.5, 0.6) is 0 Å². The van der Waals surface area contributed by atoms with Gasteiger partial charge in [-0.2, -0.15) is 0 Å². The molecule has 4 nitrogen and oxygen atoms in total. The van der Waals surface area contributed by atoms with E-state index in [0.29, 0.717) is 18.6 Å². The Morgan fingerprint density at radius 2 is 2.00 bits per heavy atom. The van der Waals surface area contributed by atoms with E-state index in [1.807, 2.05) is 0 Å². The molecule has 0 spiro atoms. The lowest BCUT2D eigenvalue weighted by Gasteiger charge is -1.97. The zero-order valence-corrected chi connectivity index (χ0v) is 8.47. The van der Waals surface area contributed by atoms with Gasteiger partial charge in [0.15, 0.2) is 0 Å². The lowest BCUT2D eigenvalue weighted by Crippen LogP contribution is -1.96. The third kappa shape index (κ3) is 2.11. The number of rotatable bonds is 2. The van der Waals surface area contributed by atoms with Crippen molar-refractivity contribution in [1.82, 2.24) is 0 Å². The summed E-state index contributed by atoms with van der Waals surface area (Å²) in [6.45, 7) is 0.428. The Balaban J connectivity index is 2.22. The van der Waals surface area contributed by atoms with Crippen LogP contribution in [0.1, 0.15) is 22.3 Å². The minimum absolute atomic E-state index is 0.233. The van der Waals surface area contributed by atoms with Gasteiger partial charge < -0.3 is 9.84 Å². The molecule has 0 unspecified atom stereocenters. The zero-order valence-electron chi connectivity index (χ0n) is 8.47. The van der Waals surface area contributed by atoms with E-state index in [1.54, 1.807) is 18.2 Å². The van der Waals surface area contributed by atoms with Crippen LogP contribution in [0.4, 0.5) is 0 Å². The van der Waals surface area contributed by atoms with Gasteiger partial charge in [-0.05, 0) is 23.8 Å². The van der Waals surface area contributed by atoms with Gasteiger partial charge >= 0.3 is 11.9 Å². The smallest absolute Gasteiger partial charge is 0.335 e. The van der Waals surface area contributed by atoms with E-state index in [0.717, 1.165) is 5.56 Å². The van der Waals surface area contributed by atoms with Crippen molar-refractivity contribution in [2.24, 2.45) is 0 Å². The summed E-state index contributed by atoms with van der Waals surface area (Å²) in [6, 6.07) is 6.36. The summed E-state index contributed by atoms with van der Waals surface area (Å²) in [6.07, 6.45) is 2.33. The van der Waals surface area contributed by atoms with Gasteiger partial charge in [0.05, 0.1) is 12.2 Å². The molecule has 1 aliphatic rings. The molecule has 1 N–H and O–H groups in total. The number of hydrogen-bond donors (Lipinski definition) is 1. The van der Waals surface area contributed by atoms with Gasteiger partial charge in [-0.3, -0.25) is 0 Å². The van der Waals surface area contributed by atoms with Crippen LogP contribution < -0.4 is 0 Å². The SMILES string of the molecule is O=C1OCCC1=Cc1ccc(C(=O)O)cc1. The first kappa shape index (κ1) is 10.4. The van der Waals surface area contributed by atoms with E-state index in [2.05, 4.69) is 0 Å². The molecule has 1 aliphatic heterocycles. The maximum absolute atomic E-state index is 11.2. The average Bonchev–Trinajstić information content (AvgIpc) is 2.65. The number of ether oxygens (including phenoxy) is 1. The van der Waals surface area contributed by atoms with Gasteiger partial charge in [0, 0.05) is 12.0 Å². The number of hydrogen-bond acceptors (Lipinski definition) is 3. The van der Waals surface area contributed by atoms with Crippen LogP contribution in [0.2, 0.25) is 0 Å². The largest absolute Gasteiger partial charge is 0.478 e. The normalized spacial score (nSPS) is 17.5. The number of esters is 1. The molecule has 16 heavy (non-hydrogen) atoms. The van der Waals surface area contributed by atoms with E-state index >= 15 is 0 Å². The molecule has 0 saturated carbocycles. The molecule has 82 valence electrons. The molecular formula is C12H10O4. The third-order valence-corrected chi connectivity index (χ3v) is 2.37. The Hall–Kier alpha value is -2.10. The Labute approximate surface area is 92.2 Å². The highest BCUT2D eigenvalue weighted by molar-refractivity contribution is 5.95. The zero-order chi connectivity index (χ0) is 11.5. The molecule has 1 saturated heterocycles. The molecule has 2 rings (SSSR count). The molecule has 1 aromatic rings. The van der Waals surface area contributed by atoms with Crippen molar-refractivity contribution < 1.29 is 19.4 Å². The Kier molecular flexibility index (Phi) is 2.72. The molecule has 4 heteroatoms. The summed E-state index contributed by atoms with van der Waals surface area (Å²) in [5.74, 6) is -1.25. The van der Waals surface area contributed by atoms with Gasteiger partial charge in [-0.25, -0.2) is 9.59 Å². The van der Waals surface area contributed by atoms with Crippen LogP contribution in [-0.2, 0) is 9.53 Å². The first-order valence-corrected chi connectivity index (χ1v) is 4.88. The summed E-state index contributed by atoms with van der Waals surface area (Å²) >= 11 is 0. The minimum atomic E-state index is -0.959. The molecule has 0 bridgehead atoms. The van der Waals surface area contributed by atoms with Crippen molar-refractivity contribution >= 4 is 18.0 Å². The Morgan fingerprint density at radius 3 is 2.50 bits per heavy atom. The first-order chi connectivity index (χ1) is 7.66. The van der Waals surface area contributed by atoms with Crippen molar-refractivity contribution in [2.45, 2.75) is 6.42 Å². The highest BCUT2D eigenvalue weighted by atomic mass is 16.5. The number of benzene rings is 1. The Morgan fingerprint density at radius 1 is 1.31 bits per heavy atom. The van der Waals surface area contributed by atoms with E-state index in [1.165, 1.54) is 12.1 Å². The molecule has 1 heterocycles. The first-order valence-electron chi connectivity index (χ1n) is 4.88. The molecule has 0 aliphatic carbocycles. The number of carbonyl (C=O) groups excluding carboxylic acids is 1. The van der Waals surface area contributed by atoms with Crippen molar-refractivity contribution in [3.05, 3.63) is 41.0 Å². The van der Waals surface area contributed by atoms with Crippen LogP contribution in [0.15, 0.2) is 29.8 Å². The molecular weight excluding hydrogens is 208 g/mol. The minimum Gasteiger partial charge on any atom is -0.478 e. The lowest BCUT2D eigenvalue weighted by atomic mass is 10.1. The van der Waals surface area contributed by atoms with Crippen molar-refractivity contribution in [3.8, 4) is 0 Å². The topological polar surface area (TPSA) is 63.6 Å². The second-order valence-corrected chi connectivity index (χ2v) is 3.48. The summed E-state index contributed by atoms with van der Waals surface area (Å²) in [5, 5.41) is 8.71. The maximum Gasteiger partial charge on any atom is 0.335 e. The van der Waals surface area contributed by atoms with E-state index in [4.69, 9.17) is 9.84 Å². The van der Waals surface area contributed by atoms with Crippen LogP contribution in [0.25, 0.3) is 6.08 Å². The van der Waals surface area contributed by atoms with Crippen molar-refractivity contribution in [3.63, 3.8) is 0 Å². The summed E-state index contributed by atoms with van der Waals surface area (Å²) in [7, 11) is 0. The highest BCUT2D eigenvalue weighted by Crippen LogP contribution is 2.17. The standard InChI is InChI=1S/C12H10O4/c13-11(14)9-3-1-8(2-4-9)7-10-5-6-16-12(10)15/h1-4,7H,5-6H2,(H,13,14). The lowest BCUT2D eigenvalue weighted by molar-refractivity contribution is -0.134. The predicted octanol–water partition coefficient (Wildman–Crippen LogP) is 1.72.